The first kappa shape index (κ1) is 6.41. The van der Waals surface area contributed by atoms with Gasteiger partial charge in [0.1, 0.15) is 0 Å². The van der Waals surface area contributed by atoms with Gasteiger partial charge in [0, 0.05) is 5.41 Å². The van der Waals surface area contributed by atoms with Crippen molar-refractivity contribution >= 4 is 0 Å². The van der Waals surface area contributed by atoms with E-state index in [4.69, 9.17) is 4.74 Å². The van der Waals surface area contributed by atoms with Crippen LogP contribution in [0, 0.1) is 5.41 Å². The van der Waals surface area contributed by atoms with Crippen molar-refractivity contribution in [3.63, 3.8) is 0 Å². The molecule has 0 aromatic heterocycles. The van der Waals surface area contributed by atoms with Crippen LogP contribution in [0.3, 0.4) is 0 Å². The first-order valence-corrected chi connectivity index (χ1v) is 3.97. The largest absolute Gasteiger partial charge is 0.370 e. The molecule has 56 valence electrons. The van der Waals surface area contributed by atoms with E-state index in [0.29, 0.717) is 12.2 Å². The Morgan fingerprint density at radius 1 is 1.50 bits per heavy atom. The Labute approximate surface area is 62.1 Å². The summed E-state index contributed by atoms with van der Waals surface area (Å²) in [6.07, 6.45) is 3.29. The fourth-order valence-corrected chi connectivity index (χ4v) is 2.05. The molecule has 1 nitrogen and oxygen atoms in total. The summed E-state index contributed by atoms with van der Waals surface area (Å²) in [6.45, 7) is 8.54. The molecule has 0 aromatic rings. The van der Waals surface area contributed by atoms with Gasteiger partial charge >= 0.3 is 0 Å². The van der Waals surface area contributed by atoms with Crippen LogP contribution >= 0.6 is 0 Å². The zero-order chi connectivity index (χ0) is 7.35. The second-order valence-electron chi connectivity index (χ2n) is 3.94. The van der Waals surface area contributed by atoms with Gasteiger partial charge in [0.25, 0.3) is 0 Å². The molecule has 2 aliphatic rings. The summed E-state index contributed by atoms with van der Waals surface area (Å²) in [6, 6.07) is 0. The summed E-state index contributed by atoms with van der Waals surface area (Å²) in [7, 11) is 0. The maximum atomic E-state index is 5.70. The number of rotatable bonds is 0. The Morgan fingerprint density at radius 3 is 2.50 bits per heavy atom. The van der Waals surface area contributed by atoms with E-state index in [1.54, 1.807) is 0 Å². The van der Waals surface area contributed by atoms with E-state index in [1.807, 2.05) is 0 Å². The summed E-state index contributed by atoms with van der Waals surface area (Å²) in [5.74, 6) is 0. The first-order chi connectivity index (χ1) is 4.62. The average molecular weight is 138 g/mol. The van der Waals surface area contributed by atoms with Gasteiger partial charge in [0.05, 0.1) is 12.2 Å². The van der Waals surface area contributed by atoms with Crippen LogP contribution < -0.4 is 0 Å². The van der Waals surface area contributed by atoms with Crippen LogP contribution in [-0.4, -0.2) is 12.2 Å². The molecule has 2 atom stereocenters. The SMILES string of the molecule is C=C1C2CCC(O2)C1(C)C. The van der Waals surface area contributed by atoms with Crippen LogP contribution in [0.15, 0.2) is 12.2 Å². The fourth-order valence-electron chi connectivity index (χ4n) is 2.05. The lowest BCUT2D eigenvalue weighted by Crippen LogP contribution is -2.27. The third-order valence-electron chi connectivity index (χ3n) is 3.04. The Bertz CT molecular complexity index is 181. The zero-order valence-corrected chi connectivity index (χ0v) is 6.68. The van der Waals surface area contributed by atoms with Crippen molar-refractivity contribution in [1.29, 1.82) is 0 Å². The van der Waals surface area contributed by atoms with Crippen LogP contribution in [0.4, 0.5) is 0 Å². The molecular weight excluding hydrogens is 124 g/mol. The molecule has 2 bridgehead atoms. The first-order valence-electron chi connectivity index (χ1n) is 3.97. The molecule has 1 heteroatoms. The highest BCUT2D eigenvalue weighted by molar-refractivity contribution is 5.23. The van der Waals surface area contributed by atoms with Crippen molar-refractivity contribution in [1.82, 2.24) is 0 Å². The summed E-state index contributed by atoms with van der Waals surface area (Å²) in [5.41, 5.74) is 1.56. The topological polar surface area (TPSA) is 9.23 Å². The molecule has 2 saturated heterocycles. The monoisotopic (exact) mass is 138 g/mol. The molecule has 2 aliphatic heterocycles. The van der Waals surface area contributed by atoms with Crippen molar-refractivity contribution in [3.8, 4) is 0 Å². The highest BCUT2D eigenvalue weighted by Gasteiger charge is 2.49. The van der Waals surface area contributed by atoms with Gasteiger partial charge in [-0.15, -0.1) is 0 Å². The number of hydrogen-bond acceptors (Lipinski definition) is 1. The number of fused-ring (bicyclic) bond motifs is 2. The van der Waals surface area contributed by atoms with E-state index >= 15 is 0 Å². The average Bonchev–Trinajstić information content (AvgIpc) is 2.37. The highest BCUT2D eigenvalue weighted by Crippen LogP contribution is 2.50. The van der Waals surface area contributed by atoms with Gasteiger partial charge in [-0.3, -0.25) is 0 Å². The second kappa shape index (κ2) is 1.65. The molecule has 2 fully saturated rings. The van der Waals surface area contributed by atoms with Gasteiger partial charge < -0.3 is 4.74 Å². The lowest BCUT2D eigenvalue weighted by molar-refractivity contribution is 0.0738. The standard InChI is InChI=1S/C9H14O/c1-6-7-4-5-8(10-7)9(6,2)3/h7-8H,1,4-5H2,2-3H3. The number of hydrogen-bond donors (Lipinski definition) is 0. The quantitative estimate of drug-likeness (QED) is 0.466. The maximum absolute atomic E-state index is 5.70. The smallest absolute Gasteiger partial charge is 0.0793 e. The van der Waals surface area contributed by atoms with E-state index in [1.165, 1.54) is 18.4 Å². The minimum atomic E-state index is 0.253. The van der Waals surface area contributed by atoms with Crippen molar-refractivity contribution in [2.45, 2.75) is 38.9 Å². The Morgan fingerprint density at radius 2 is 2.20 bits per heavy atom. The van der Waals surface area contributed by atoms with Crippen molar-refractivity contribution in [3.05, 3.63) is 12.2 Å². The number of ether oxygens (including phenoxy) is 1. The minimum absolute atomic E-state index is 0.253. The van der Waals surface area contributed by atoms with Gasteiger partial charge in [0.2, 0.25) is 0 Å². The van der Waals surface area contributed by atoms with Crippen LogP contribution in [0.1, 0.15) is 26.7 Å². The van der Waals surface area contributed by atoms with E-state index < -0.39 is 0 Å². The van der Waals surface area contributed by atoms with Crippen LogP contribution in [0.25, 0.3) is 0 Å². The van der Waals surface area contributed by atoms with E-state index in [-0.39, 0.29) is 5.41 Å². The molecule has 0 saturated carbocycles. The molecule has 0 amide bonds. The van der Waals surface area contributed by atoms with Crippen LogP contribution in [0.5, 0.6) is 0 Å². The van der Waals surface area contributed by atoms with Gasteiger partial charge in [-0.1, -0.05) is 20.4 Å². The van der Waals surface area contributed by atoms with E-state index in [2.05, 4.69) is 20.4 Å². The van der Waals surface area contributed by atoms with Gasteiger partial charge in [-0.25, -0.2) is 0 Å². The van der Waals surface area contributed by atoms with Gasteiger partial charge in [-0.2, -0.15) is 0 Å². The Kier molecular flexibility index (Phi) is 1.06. The molecule has 0 aliphatic carbocycles. The molecule has 2 heterocycles. The molecule has 0 aromatic carbocycles. The molecule has 10 heavy (non-hydrogen) atoms. The third-order valence-corrected chi connectivity index (χ3v) is 3.04. The molecule has 2 unspecified atom stereocenters. The predicted molar refractivity (Wildman–Crippen MR) is 40.8 cm³/mol. The summed E-state index contributed by atoms with van der Waals surface area (Å²) in [4.78, 5) is 0. The summed E-state index contributed by atoms with van der Waals surface area (Å²) < 4.78 is 5.70. The predicted octanol–water partition coefficient (Wildman–Crippen LogP) is 2.13. The van der Waals surface area contributed by atoms with E-state index in [0.717, 1.165) is 0 Å². The highest BCUT2D eigenvalue weighted by atomic mass is 16.5. The van der Waals surface area contributed by atoms with Crippen molar-refractivity contribution < 1.29 is 4.74 Å². The van der Waals surface area contributed by atoms with Crippen LogP contribution in [-0.2, 0) is 4.74 Å². The normalized spacial score (nSPS) is 42.8. The molecular formula is C9H14O. The van der Waals surface area contributed by atoms with E-state index in [9.17, 15) is 0 Å². The summed E-state index contributed by atoms with van der Waals surface area (Å²) in [5, 5.41) is 0. The minimum Gasteiger partial charge on any atom is -0.370 e. The Hall–Kier alpha value is -0.300. The zero-order valence-electron chi connectivity index (χ0n) is 6.68. The molecule has 0 N–H and O–H groups in total. The van der Waals surface area contributed by atoms with Gasteiger partial charge in [-0.05, 0) is 18.4 Å². The fraction of sp³-hybridized carbons (Fsp3) is 0.778. The Balaban J connectivity index is 2.34. The van der Waals surface area contributed by atoms with Gasteiger partial charge in [0.15, 0.2) is 0 Å². The third kappa shape index (κ3) is 0.567. The van der Waals surface area contributed by atoms with Crippen molar-refractivity contribution in [2.75, 3.05) is 0 Å². The van der Waals surface area contributed by atoms with Crippen LogP contribution in [0.2, 0.25) is 0 Å². The van der Waals surface area contributed by atoms with Crippen molar-refractivity contribution in [2.24, 2.45) is 5.41 Å². The summed E-state index contributed by atoms with van der Waals surface area (Å²) >= 11 is 0. The maximum Gasteiger partial charge on any atom is 0.0793 e. The molecule has 0 radical (unpaired) electrons. The lowest BCUT2D eigenvalue weighted by atomic mass is 9.74. The lowest BCUT2D eigenvalue weighted by Gasteiger charge is -2.28. The second-order valence-corrected chi connectivity index (χ2v) is 3.94. The molecule has 0 spiro atoms. The molecule has 2 rings (SSSR count).